The summed E-state index contributed by atoms with van der Waals surface area (Å²) in [6, 6.07) is 4.19. The fourth-order valence-electron chi connectivity index (χ4n) is 2.28. The van der Waals surface area contributed by atoms with Gasteiger partial charge < -0.3 is 10.6 Å². The van der Waals surface area contributed by atoms with Gasteiger partial charge in [-0.2, -0.15) is 0 Å². The normalized spacial score (nSPS) is 22.5. The fourth-order valence-corrected chi connectivity index (χ4v) is 2.28. The third-order valence-corrected chi connectivity index (χ3v) is 3.39. The van der Waals surface area contributed by atoms with E-state index in [2.05, 4.69) is 10.6 Å². The maximum absolute atomic E-state index is 12.9. The Morgan fingerprint density at radius 2 is 2.32 bits per heavy atom. The third-order valence-electron chi connectivity index (χ3n) is 3.39. The fraction of sp³-hybridized carbons (Fsp3) is 0.500. The second kappa shape index (κ2) is 6.10. The Labute approximate surface area is 111 Å². The lowest BCUT2D eigenvalue weighted by Gasteiger charge is -2.11. The van der Waals surface area contributed by atoms with Gasteiger partial charge in [0, 0.05) is 19.5 Å². The molecule has 1 fully saturated rings. The first-order valence-electron chi connectivity index (χ1n) is 6.46. The van der Waals surface area contributed by atoms with E-state index in [-0.39, 0.29) is 24.7 Å². The zero-order valence-electron chi connectivity index (χ0n) is 10.9. The molecular weight excluding hydrogens is 250 g/mol. The van der Waals surface area contributed by atoms with E-state index >= 15 is 0 Å². The SMILES string of the molecule is Cc1cc(F)ccc1CCNC(=O)[C@H]1C[C@H](F)CN1. The van der Waals surface area contributed by atoms with Crippen molar-refractivity contribution >= 4 is 5.91 Å². The van der Waals surface area contributed by atoms with Crippen molar-refractivity contribution in [1.29, 1.82) is 0 Å². The Hall–Kier alpha value is -1.49. The first-order valence-corrected chi connectivity index (χ1v) is 6.46. The summed E-state index contributed by atoms with van der Waals surface area (Å²) in [5.41, 5.74) is 1.88. The molecular formula is C14H18F2N2O. The zero-order valence-corrected chi connectivity index (χ0v) is 10.9. The largest absolute Gasteiger partial charge is 0.354 e. The minimum absolute atomic E-state index is 0.167. The van der Waals surface area contributed by atoms with E-state index in [1.54, 1.807) is 6.07 Å². The summed E-state index contributed by atoms with van der Waals surface area (Å²) in [4.78, 5) is 11.7. The van der Waals surface area contributed by atoms with Gasteiger partial charge in [-0.25, -0.2) is 8.78 Å². The summed E-state index contributed by atoms with van der Waals surface area (Å²) in [7, 11) is 0. The van der Waals surface area contributed by atoms with Gasteiger partial charge in [-0.05, 0) is 36.6 Å². The van der Waals surface area contributed by atoms with Crippen molar-refractivity contribution < 1.29 is 13.6 Å². The van der Waals surface area contributed by atoms with Crippen molar-refractivity contribution in [2.75, 3.05) is 13.1 Å². The molecule has 104 valence electrons. The van der Waals surface area contributed by atoms with Crippen LogP contribution in [0.25, 0.3) is 0 Å². The van der Waals surface area contributed by atoms with Crippen LogP contribution in [0, 0.1) is 12.7 Å². The third kappa shape index (κ3) is 3.73. The van der Waals surface area contributed by atoms with Gasteiger partial charge in [0.1, 0.15) is 12.0 Å². The number of aryl methyl sites for hydroxylation is 1. The highest BCUT2D eigenvalue weighted by atomic mass is 19.1. The lowest BCUT2D eigenvalue weighted by molar-refractivity contribution is -0.122. The molecule has 1 aromatic rings. The van der Waals surface area contributed by atoms with Crippen molar-refractivity contribution in [3.8, 4) is 0 Å². The van der Waals surface area contributed by atoms with Crippen LogP contribution in [0.1, 0.15) is 17.5 Å². The Morgan fingerprint density at radius 1 is 1.53 bits per heavy atom. The molecule has 5 heteroatoms. The predicted molar refractivity (Wildman–Crippen MR) is 69.2 cm³/mol. The molecule has 3 nitrogen and oxygen atoms in total. The molecule has 0 saturated carbocycles. The van der Waals surface area contributed by atoms with Crippen molar-refractivity contribution in [2.24, 2.45) is 0 Å². The van der Waals surface area contributed by atoms with Gasteiger partial charge in [0.25, 0.3) is 0 Å². The number of hydrogen-bond acceptors (Lipinski definition) is 2. The maximum Gasteiger partial charge on any atom is 0.237 e. The molecule has 1 aromatic carbocycles. The van der Waals surface area contributed by atoms with Gasteiger partial charge in [0.05, 0.1) is 6.04 Å². The number of benzene rings is 1. The van der Waals surface area contributed by atoms with Crippen molar-refractivity contribution in [2.45, 2.75) is 32.0 Å². The summed E-state index contributed by atoms with van der Waals surface area (Å²) in [5, 5.41) is 5.61. The standard InChI is InChI=1S/C14H18F2N2O/c1-9-6-11(15)3-2-10(9)4-5-17-14(19)13-7-12(16)8-18-13/h2-3,6,12-13,18H,4-5,7-8H2,1H3,(H,17,19)/t12-,13+/m0/s1. The van der Waals surface area contributed by atoms with Crippen molar-refractivity contribution in [3.63, 3.8) is 0 Å². The van der Waals surface area contributed by atoms with Crippen LogP contribution in [0.2, 0.25) is 0 Å². The lowest BCUT2D eigenvalue weighted by Crippen LogP contribution is -2.41. The monoisotopic (exact) mass is 268 g/mol. The summed E-state index contributed by atoms with van der Waals surface area (Å²) in [5.74, 6) is -0.422. The van der Waals surface area contributed by atoms with Gasteiger partial charge in [-0.1, -0.05) is 6.07 Å². The minimum atomic E-state index is -0.935. The van der Waals surface area contributed by atoms with Crippen molar-refractivity contribution in [3.05, 3.63) is 35.1 Å². The van der Waals surface area contributed by atoms with Crippen LogP contribution in [-0.4, -0.2) is 31.2 Å². The van der Waals surface area contributed by atoms with Gasteiger partial charge in [-0.3, -0.25) is 4.79 Å². The summed E-state index contributed by atoms with van der Waals surface area (Å²) in [6.07, 6.45) is -0.0551. The molecule has 1 aliphatic heterocycles. The van der Waals surface area contributed by atoms with Crippen LogP contribution in [0.4, 0.5) is 8.78 Å². The quantitative estimate of drug-likeness (QED) is 0.868. The molecule has 0 aromatic heterocycles. The first kappa shape index (κ1) is 13.9. The molecule has 2 N–H and O–H groups in total. The average molecular weight is 268 g/mol. The van der Waals surface area contributed by atoms with Gasteiger partial charge in [0.2, 0.25) is 5.91 Å². The molecule has 0 bridgehead atoms. The molecule has 2 rings (SSSR count). The number of halogens is 2. The van der Waals surface area contributed by atoms with E-state index in [9.17, 15) is 13.6 Å². The number of alkyl halides is 1. The summed E-state index contributed by atoms with van der Waals surface area (Å²) < 4.78 is 25.9. The highest BCUT2D eigenvalue weighted by molar-refractivity contribution is 5.82. The molecule has 1 heterocycles. The predicted octanol–water partition coefficient (Wildman–Crippen LogP) is 1.49. The van der Waals surface area contributed by atoms with E-state index < -0.39 is 12.2 Å². The van der Waals surface area contributed by atoms with Crippen LogP contribution >= 0.6 is 0 Å². The molecule has 1 saturated heterocycles. The first-order chi connectivity index (χ1) is 9.06. The number of amides is 1. The van der Waals surface area contributed by atoms with Crippen LogP contribution < -0.4 is 10.6 Å². The lowest BCUT2D eigenvalue weighted by atomic mass is 10.1. The highest BCUT2D eigenvalue weighted by Crippen LogP contribution is 2.11. The van der Waals surface area contributed by atoms with Crippen LogP contribution in [0.3, 0.4) is 0 Å². The Balaban J connectivity index is 1.78. The van der Waals surface area contributed by atoms with Crippen LogP contribution in [0.15, 0.2) is 18.2 Å². The second-order valence-corrected chi connectivity index (χ2v) is 4.91. The zero-order chi connectivity index (χ0) is 13.8. The smallest absolute Gasteiger partial charge is 0.237 e. The van der Waals surface area contributed by atoms with Crippen LogP contribution in [0.5, 0.6) is 0 Å². The summed E-state index contributed by atoms with van der Waals surface area (Å²) in [6.45, 7) is 2.56. The highest BCUT2D eigenvalue weighted by Gasteiger charge is 2.28. The van der Waals surface area contributed by atoms with E-state index in [1.807, 2.05) is 6.92 Å². The number of nitrogens with one attached hydrogen (secondary N) is 2. The number of carbonyl (C=O) groups excluding carboxylic acids is 1. The maximum atomic E-state index is 12.9. The van der Waals surface area contributed by atoms with Crippen LogP contribution in [-0.2, 0) is 11.2 Å². The second-order valence-electron chi connectivity index (χ2n) is 4.91. The molecule has 2 atom stereocenters. The Morgan fingerprint density at radius 3 is 2.95 bits per heavy atom. The van der Waals surface area contributed by atoms with Gasteiger partial charge in [0.15, 0.2) is 0 Å². The molecule has 1 amide bonds. The molecule has 1 aliphatic rings. The van der Waals surface area contributed by atoms with E-state index in [4.69, 9.17) is 0 Å². The number of carbonyl (C=O) groups is 1. The van der Waals surface area contributed by atoms with Gasteiger partial charge >= 0.3 is 0 Å². The van der Waals surface area contributed by atoms with Crippen molar-refractivity contribution in [1.82, 2.24) is 10.6 Å². The molecule has 19 heavy (non-hydrogen) atoms. The Kier molecular flexibility index (Phi) is 4.47. The topological polar surface area (TPSA) is 41.1 Å². The molecule has 0 aliphatic carbocycles. The summed E-state index contributed by atoms with van der Waals surface area (Å²) >= 11 is 0. The van der Waals surface area contributed by atoms with E-state index in [0.717, 1.165) is 11.1 Å². The molecule has 0 radical (unpaired) electrons. The minimum Gasteiger partial charge on any atom is -0.354 e. The average Bonchev–Trinajstić information content (AvgIpc) is 2.78. The Bertz CT molecular complexity index is 465. The van der Waals surface area contributed by atoms with Gasteiger partial charge in [-0.15, -0.1) is 0 Å². The number of rotatable bonds is 4. The molecule has 0 spiro atoms. The van der Waals surface area contributed by atoms with E-state index in [0.29, 0.717) is 13.0 Å². The molecule has 0 unspecified atom stereocenters. The number of hydrogen-bond donors (Lipinski definition) is 2. The van der Waals surface area contributed by atoms with E-state index in [1.165, 1.54) is 12.1 Å².